The normalized spacial score (nSPS) is 13.5. The number of para-hydroxylation sites is 1. The Morgan fingerprint density at radius 3 is 2.68 bits per heavy atom. The van der Waals surface area contributed by atoms with E-state index in [-0.39, 0.29) is 5.88 Å². The minimum absolute atomic E-state index is 0.162. The molecule has 31 heavy (non-hydrogen) atoms. The molecule has 0 radical (unpaired) electrons. The number of benzene rings is 3. The van der Waals surface area contributed by atoms with Crippen LogP contribution >= 0.6 is 22.9 Å². The zero-order chi connectivity index (χ0) is 21.2. The molecule has 0 amide bonds. The average molecular weight is 444 g/mol. The molecule has 3 aromatic carbocycles. The molecule has 0 spiro atoms. The summed E-state index contributed by atoms with van der Waals surface area (Å²) in [5.41, 5.74) is 2.87. The fraction of sp³-hybridized carbons (Fsp3) is 0.0400. The van der Waals surface area contributed by atoms with Crippen molar-refractivity contribution < 1.29 is 5.11 Å². The molecule has 6 heteroatoms. The van der Waals surface area contributed by atoms with Crippen LogP contribution in [0.2, 0.25) is 5.02 Å². The van der Waals surface area contributed by atoms with Crippen molar-refractivity contribution in [3.63, 3.8) is 0 Å². The number of hydrogen-bond donors (Lipinski definition) is 1. The van der Waals surface area contributed by atoms with Gasteiger partial charge < -0.3 is 5.11 Å². The van der Waals surface area contributed by atoms with Crippen LogP contribution in [-0.4, -0.2) is 9.67 Å². The first-order valence-corrected chi connectivity index (χ1v) is 11.0. The molecule has 1 aromatic heterocycles. The number of nitrogens with zero attached hydrogens (tertiary/aromatic N) is 3. The van der Waals surface area contributed by atoms with Gasteiger partial charge >= 0.3 is 0 Å². The van der Waals surface area contributed by atoms with E-state index in [2.05, 4.69) is 11.1 Å². The largest absolute Gasteiger partial charge is 0.493 e. The topological polar surface area (TPSA) is 49.9 Å². The van der Waals surface area contributed by atoms with Crippen molar-refractivity contribution in [3.8, 4) is 11.6 Å². The van der Waals surface area contributed by atoms with Crippen LogP contribution in [0.15, 0.2) is 89.0 Å². The molecule has 1 aliphatic rings. The Labute approximate surface area is 188 Å². The minimum atomic E-state index is 0.162. The molecule has 0 atom stereocenters. The highest BCUT2D eigenvalue weighted by molar-refractivity contribution is 7.10. The predicted octanol–water partition coefficient (Wildman–Crippen LogP) is 4.43. The lowest BCUT2D eigenvalue weighted by molar-refractivity contribution is 0.439. The van der Waals surface area contributed by atoms with Crippen LogP contribution in [0.3, 0.4) is 0 Å². The van der Waals surface area contributed by atoms with Crippen molar-refractivity contribution >= 4 is 35.1 Å². The summed E-state index contributed by atoms with van der Waals surface area (Å²) in [7, 11) is 0. The molecule has 0 saturated carbocycles. The molecule has 0 saturated heterocycles. The molecule has 0 aliphatic carbocycles. The van der Waals surface area contributed by atoms with Gasteiger partial charge in [-0.2, -0.15) is 0 Å². The number of halogens is 1. The van der Waals surface area contributed by atoms with Gasteiger partial charge in [0.2, 0.25) is 5.88 Å². The summed E-state index contributed by atoms with van der Waals surface area (Å²) in [6.07, 6.45) is 5.75. The Morgan fingerprint density at radius 1 is 1.03 bits per heavy atom. The van der Waals surface area contributed by atoms with Crippen molar-refractivity contribution in [2.24, 2.45) is 9.98 Å². The zero-order valence-electron chi connectivity index (χ0n) is 16.4. The predicted molar refractivity (Wildman–Crippen MR) is 126 cm³/mol. The summed E-state index contributed by atoms with van der Waals surface area (Å²) < 4.78 is 1.77. The second-order valence-electron chi connectivity index (χ2n) is 7.06. The molecule has 4 aromatic rings. The van der Waals surface area contributed by atoms with E-state index < -0.39 is 0 Å². The summed E-state index contributed by atoms with van der Waals surface area (Å²) >= 11 is 7.75. The molecular formula is C25H18ClN3OS. The van der Waals surface area contributed by atoms with Crippen LogP contribution in [0.25, 0.3) is 17.8 Å². The maximum absolute atomic E-state index is 11.1. The van der Waals surface area contributed by atoms with E-state index in [0.717, 1.165) is 32.3 Å². The van der Waals surface area contributed by atoms with Crippen LogP contribution in [0, 0.1) is 0 Å². The lowest BCUT2D eigenvalue weighted by Crippen LogP contribution is -2.12. The Hall–Kier alpha value is -3.41. The number of aromatic nitrogens is 1. The van der Waals surface area contributed by atoms with Gasteiger partial charge in [0.15, 0.2) is 4.80 Å². The third-order valence-electron chi connectivity index (χ3n) is 5.00. The number of rotatable bonds is 4. The van der Waals surface area contributed by atoms with Crippen LogP contribution in [0.5, 0.6) is 5.88 Å². The van der Waals surface area contributed by atoms with Gasteiger partial charge in [0.05, 0.1) is 22.5 Å². The van der Waals surface area contributed by atoms with Gasteiger partial charge in [0, 0.05) is 16.8 Å². The van der Waals surface area contributed by atoms with Crippen LogP contribution < -0.4 is 15.4 Å². The molecule has 1 N–H and O–H groups in total. The molecule has 2 heterocycles. The number of fused-ring (bicyclic) bond motifs is 1. The molecule has 5 rings (SSSR count). The van der Waals surface area contributed by atoms with E-state index >= 15 is 0 Å². The van der Waals surface area contributed by atoms with E-state index in [4.69, 9.17) is 16.6 Å². The first kappa shape index (κ1) is 19.5. The van der Waals surface area contributed by atoms with Gasteiger partial charge in [0.1, 0.15) is 0 Å². The fourth-order valence-corrected chi connectivity index (χ4v) is 4.62. The minimum Gasteiger partial charge on any atom is -0.493 e. The van der Waals surface area contributed by atoms with Crippen molar-refractivity contribution in [2.45, 2.75) is 6.54 Å². The zero-order valence-corrected chi connectivity index (χ0v) is 18.0. The van der Waals surface area contributed by atoms with Crippen LogP contribution in [0.4, 0.5) is 0 Å². The Morgan fingerprint density at radius 2 is 1.84 bits per heavy atom. The van der Waals surface area contributed by atoms with Gasteiger partial charge in [-0.1, -0.05) is 65.4 Å². The summed E-state index contributed by atoms with van der Waals surface area (Å²) in [5, 5.41) is 13.7. The molecule has 4 nitrogen and oxygen atoms in total. The smallest absolute Gasteiger partial charge is 0.215 e. The summed E-state index contributed by atoms with van der Waals surface area (Å²) in [6, 6.07) is 23.5. The summed E-state index contributed by atoms with van der Waals surface area (Å²) in [5.74, 6) is 0.162. The van der Waals surface area contributed by atoms with Crippen molar-refractivity contribution in [3.05, 3.63) is 115 Å². The maximum Gasteiger partial charge on any atom is 0.215 e. The quantitative estimate of drug-likeness (QED) is 0.498. The Bertz CT molecular complexity index is 1480. The van der Waals surface area contributed by atoms with Crippen LogP contribution in [-0.2, 0) is 6.54 Å². The molecule has 0 bridgehead atoms. The maximum atomic E-state index is 11.1. The van der Waals surface area contributed by atoms with Gasteiger partial charge in [-0.3, -0.25) is 14.6 Å². The highest BCUT2D eigenvalue weighted by Gasteiger charge is 2.13. The van der Waals surface area contributed by atoms with Crippen molar-refractivity contribution in [1.29, 1.82) is 0 Å². The molecule has 0 fully saturated rings. The third-order valence-corrected chi connectivity index (χ3v) is 6.38. The second kappa shape index (κ2) is 8.38. The highest BCUT2D eigenvalue weighted by Crippen LogP contribution is 2.25. The lowest BCUT2D eigenvalue weighted by Gasteiger charge is -2.05. The van der Waals surface area contributed by atoms with Gasteiger partial charge in [-0.15, -0.1) is 0 Å². The van der Waals surface area contributed by atoms with Crippen molar-refractivity contribution in [2.75, 3.05) is 0 Å². The van der Waals surface area contributed by atoms with Crippen LogP contribution in [0.1, 0.15) is 16.0 Å². The van der Waals surface area contributed by atoms with Gasteiger partial charge in [-0.05, 0) is 53.3 Å². The number of thiazole rings is 1. The number of hydrogen-bond acceptors (Lipinski definition) is 4. The summed E-state index contributed by atoms with van der Waals surface area (Å²) in [4.78, 5) is 10.5. The van der Waals surface area contributed by atoms with Gasteiger partial charge in [-0.25, -0.2) is 0 Å². The number of aromatic hydroxyl groups is 1. The first-order valence-electron chi connectivity index (χ1n) is 9.79. The second-order valence-corrected chi connectivity index (χ2v) is 8.47. The van der Waals surface area contributed by atoms with E-state index in [9.17, 15) is 5.11 Å². The van der Waals surface area contributed by atoms with Gasteiger partial charge in [0.25, 0.3) is 0 Å². The monoisotopic (exact) mass is 443 g/mol. The summed E-state index contributed by atoms with van der Waals surface area (Å²) in [6.45, 7) is 0.428. The first-order chi connectivity index (χ1) is 15.2. The van der Waals surface area contributed by atoms with E-state index in [1.807, 2.05) is 78.9 Å². The molecule has 0 unspecified atom stereocenters. The lowest BCUT2D eigenvalue weighted by atomic mass is 10.2. The molecule has 152 valence electrons. The van der Waals surface area contributed by atoms with E-state index in [1.165, 1.54) is 11.3 Å². The molecular weight excluding hydrogens is 426 g/mol. The molecule has 1 aliphatic heterocycles. The van der Waals surface area contributed by atoms with E-state index in [0.29, 0.717) is 16.4 Å². The Balaban J connectivity index is 1.65. The average Bonchev–Trinajstić information content (AvgIpc) is 3.38. The standard InChI is InChI=1S/C25H18ClN3OS/c26-21-9-5-4-6-19(21)16-28-25-29(20-7-2-1-3-8-20)24(30)23(31-25)15-17-10-11-22-18(14-17)12-13-27-22/h1-15,30H,16H2/b17-15+,28-25?. The highest BCUT2D eigenvalue weighted by atomic mass is 35.5. The Kier molecular flexibility index (Phi) is 5.28. The van der Waals surface area contributed by atoms with E-state index in [1.54, 1.807) is 10.8 Å². The SMILES string of the molecule is Oc1c(/C=c2\ccc3c(c2)C=CN=3)sc(=NCc2ccccc2Cl)n1-c1ccccc1. The fourth-order valence-electron chi connectivity index (χ4n) is 3.44. The third kappa shape index (κ3) is 3.98. The van der Waals surface area contributed by atoms with Crippen molar-refractivity contribution in [1.82, 2.24) is 4.57 Å².